The number of nitrogen functional groups attached to an aromatic ring is 1. The van der Waals surface area contributed by atoms with Crippen LogP contribution < -0.4 is 5.73 Å². The smallest absolute Gasteiger partial charge is 0.295 e. The summed E-state index contributed by atoms with van der Waals surface area (Å²) in [4.78, 5) is 15.9. The Labute approximate surface area is 94.1 Å². The average molecular weight is 230 g/mol. The van der Waals surface area contributed by atoms with Crippen LogP contribution in [0.15, 0.2) is 23.0 Å². The first-order valence-corrected chi connectivity index (χ1v) is 4.62. The van der Waals surface area contributed by atoms with Crippen LogP contribution in [-0.2, 0) is 0 Å². The number of rotatable bonds is 2. The molecule has 0 aliphatic carbocycles. The molecule has 0 amide bonds. The molecule has 17 heavy (non-hydrogen) atoms. The maximum Gasteiger partial charge on any atom is 0.295 e. The number of hydrogen-bond acceptors (Lipinski definition) is 8. The number of anilines is 1. The minimum absolute atomic E-state index is 0.107. The maximum atomic E-state index is 5.37. The Balaban J connectivity index is 1.99. The van der Waals surface area contributed by atoms with Gasteiger partial charge < -0.3 is 10.3 Å². The Hall–Kier alpha value is -2.84. The molecule has 0 spiro atoms. The summed E-state index contributed by atoms with van der Waals surface area (Å²) in [5.74, 6) is 1.23. The zero-order valence-electron chi connectivity index (χ0n) is 8.40. The van der Waals surface area contributed by atoms with Crippen LogP contribution in [-0.4, -0.2) is 35.3 Å². The summed E-state index contributed by atoms with van der Waals surface area (Å²) in [7, 11) is 0. The lowest BCUT2D eigenvalue weighted by Gasteiger charge is -1.88. The van der Waals surface area contributed by atoms with Crippen molar-refractivity contribution < 1.29 is 4.52 Å². The predicted molar refractivity (Wildman–Crippen MR) is 55.1 cm³/mol. The zero-order valence-corrected chi connectivity index (χ0v) is 8.40. The van der Waals surface area contributed by atoms with Crippen molar-refractivity contribution in [2.24, 2.45) is 0 Å². The van der Waals surface area contributed by atoms with Gasteiger partial charge in [-0.25, -0.2) is 9.97 Å². The van der Waals surface area contributed by atoms with E-state index in [1.165, 1.54) is 0 Å². The van der Waals surface area contributed by atoms with E-state index >= 15 is 0 Å². The summed E-state index contributed by atoms with van der Waals surface area (Å²) >= 11 is 0. The fraction of sp³-hybridized carbons (Fsp3) is 0. The molecule has 0 aliphatic heterocycles. The molecule has 0 unspecified atom stereocenters. The first kappa shape index (κ1) is 9.39. The number of H-pyrrole nitrogens is 1. The van der Waals surface area contributed by atoms with Crippen molar-refractivity contribution in [3.63, 3.8) is 0 Å². The van der Waals surface area contributed by atoms with Gasteiger partial charge in [0.2, 0.25) is 23.4 Å². The Kier molecular flexibility index (Phi) is 2.00. The summed E-state index contributed by atoms with van der Waals surface area (Å²) in [6.07, 6.45) is 3.18. The number of hydrogen-bond donors (Lipinski definition) is 2. The molecular formula is C8H6N8O. The molecule has 3 rings (SSSR count). The SMILES string of the molecule is Nc1n[nH]c(-c2nc(-c3ncccn3)no2)n1. The molecule has 0 atom stereocenters. The monoisotopic (exact) mass is 230 g/mol. The van der Waals surface area contributed by atoms with Gasteiger partial charge in [-0.15, -0.1) is 5.10 Å². The van der Waals surface area contributed by atoms with Crippen LogP contribution in [0.4, 0.5) is 5.95 Å². The third kappa shape index (κ3) is 1.69. The molecule has 0 saturated carbocycles. The number of aromatic amines is 1. The molecule has 84 valence electrons. The van der Waals surface area contributed by atoms with Crippen molar-refractivity contribution in [2.75, 3.05) is 5.73 Å². The van der Waals surface area contributed by atoms with E-state index in [0.717, 1.165) is 0 Å². The van der Waals surface area contributed by atoms with Crippen molar-refractivity contribution in [2.45, 2.75) is 0 Å². The lowest BCUT2D eigenvalue weighted by molar-refractivity contribution is 0.429. The van der Waals surface area contributed by atoms with Gasteiger partial charge in [-0.2, -0.15) is 9.97 Å². The quantitative estimate of drug-likeness (QED) is 0.623. The molecule has 3 N–H and O–H groups in total. The Morgan fingerprint density at radius 2 is 1.94 bits per heavy atom. The number of nitrogens with zero attached hydrogens (tertiary/aromatic N) is 6. The first-order chi connectivity index (χ1) is 8.33. The summed E-state index contributed by atoms with van der Waals surface area (Å²) in [5.41, 5.74) is 5.37. The van der Waals surface area contributed by atoms with Crippen LogP contribution in [0.3, 0.4) is 0 Å². The van der Waals surface area contributed by atoms with E-state index in [9.17, 15) is 0 Å². The highest BCUT2D eigenvalue weighted by Crippen LogP contribution is 2.16. The van der Waals surface area contributed by atoms with Gasteiger partial charge in [-0.3, -0.25) is 5.10 Å². The fourth-order valence-electron chi connectivity index (χ4n) is 1.20. The van der Waals surface area contributed by atoms with E-state index in [2.05, 4.69) is 35.3 Å². The fourth-order valence-corrected chi connectivity index (χ4v) is 1.20. The van der Waals surface area contributed by atoms with Gasteiger partial charge in [0, 0.05) is 12.4 Å². The maximum absolute atomic E-state index is 5.37. The Morgan fingerprint density at radius 1 is 1.12 bits per heavy atom. The van der Waals surface area contributed by atoms with Gasteiger partial charge in [-0.1, -0.05) is 5.16 Å². The number of aromatic nitrogens is 7. The highest BCUT2D eigenvalue weighted by atomic mass is 16.5. The Morgan fingerprint density at radius 3 is 2.65 bits per heavy atom. The summed E-state index contributed by atoms with van der Waals surface area (Å²) in [6, 6.07) is 1.70. The van der Waals surface area contributed by atoms with E-state index < -0.39 is 0 Å². The molecule has 3 aromatic rings. The van der Waals surface area contributed by atoms with Crippen LogP contribution >= 0.6 is 0 Å². The topological polar surface area (TPSA) is 132 Å². The second kappa shape index (κ2) is 3.63. The first-order valence-electron chi connectivity index (χ1n) is 4.62. The Bertz CT molecular complexity index is 630. The van der Waals surface area contributed by atoms with E-state index in [4.69, 9.17) is 10.3 Å². The second-order valence-electron chi connectivity index (χ2n) is 3.04. The minimum Gasteiger partial charge on any atom is -0.366 e. The van der Waals surface area contributed by atoms with Crippen LogP contribution in [0.5, 0.6) is 0 Å². The van der Waals surface area contributed by atoms with Crippen LogP contribution in [0.1, 0.15) is 0 Å². The molecule has 9 heteroatoms. The molecule has 0 aromatic carbocycles. The van der Waals surface area contributed by atoms with Gasteiger partial charge in [0.1, 0.15) is 0 Å². The average Bonchev–Trinajstić information content (AvgIpc) is 2.98. The van der Waals surface area contributed by atoms with Gasteiger partial charge in [-0.05, 0) is 6.07 Å². The largest absolute Gasteiger partial charge is 0.366 e. The molecule has 0 aliphatic rings. The summed E-state index contributed by atoms with van der Waals surface area (Å²) in [6.45, 7) is 0. The standard InChI is InChI=1S/C8H6N8O/c9-8-13-6(14-15-8)7-12-5(16-17-7)4-10-2-1-3-11-4/h1-3H,(H3,9,13,14,15). The van der Waals surface area contributed by atoms with Crippen LogP contribution in [0.25, 0.3) is 23.4 Å². The van der Waals surface area contributed by atoms with Crippen LogP contribution in [0.2, 0.25) is 0 Å². The van der Waals surface area contributed by atoms with Crippen molar-refractivity contribution >= 4 is 5.95 Å². The molecular weight excluding hydrogens is 224 g/mol. The molecule has 9 nitrogen and oxygen atoms in total. The lowest BCUT2D eigenvalue weighted by Crippen LogP contribution is -1.89. The molecule has 0 radical (unpaired) electrons. The highest BCUT2D eigenvalue weighted by molar-refractivity contribution is 5.48. The molecule has 3 heterocycles. The molecule has 0 bridgehead atoms. The van der Waals surface area contributed by atoms with E-state index in [0.29, 0.717) is 11.6 Å². The number of nitrogens with one attached hydrogen (secondary N) is 1. The van der Waals surface area contributed by atoms with E-state index in [1.807, 2.05) is 0 Å². The zero-order chi connectivity index (χ0) is 11.7. The normalized spacial score (nSPS) is 10.6. The van der Waals surface area contributed by atoms with Gasteiger partial charge in [0.15, 0.2) is 0 Å². The van der Waals surface area contributed by atoms with Gasteiger partial charge in [0.25, 0.3) is 5.89 Å². The summed E-state index contributed by atoms with van der Waals surface area (Å²) in [5, 5.41) is 9.95. The molecule has 0 saturated heterocycles. The summed E-state index contributed by atoms with van der Waals surface area (Å²) < 4.78 is 4.99. The van der Waals surface area contributed by atoms with Crippen molar-refractivity contribution in [1.82, 2.24) is 35.3 Å². The van der Waals surface area contributed by atoms with Crippen molar-refractivity contribution in [1.29, 1.82) is 0 Å². The second-order valence-corrected chi connectivity index (χ2v) is 3.04. The minimum atomic E-state index is 0.107. The van der Waals surface area contributed by atoms with E-state index in [-0.39, 0.29) is 17.7 Å². The molecule has 3 aromatic heterocycles. The molecule has 0 fully saturated rings. The number of nitrogens with two attached hydrogens (primary N) is 1. The van der Waals surface area contributed by atoms with Crippen LogP contribution in [0, 0.1) is 0 Å². The lowest BCUT2D eigenvalue weighted by atomic mass is 10.5. The highest BCUT2D eigenvalue weighted by Gasteiger charge is 2.14. The van der Waals surface area contributed by atoms with Gasteiger partial charge in [0.05, 0.1) is 0 Å². The predicted octanol–water partition coefficient (Wildman–Crippen LogP) is -0.106. The van der Waals surface area contributed by atoms with Gasteiger partial charge >= 0.3 is 0 Å². The van der Waals surface area contributed by atoms with Crippen molar-refractivity contribution in [3.8, 4) is 23.4 Å². The third-order valence-corrected chi connectivity index (χ3v) is 1.90. The van der Waals surface area contributed by atoms with E-state index in [1.54, 1.807) is 18.5 Å². The van der Waals surface area contributed by atoms with Crippen molar-refractivity contribution in [3.05, 3.63) is 18.5 Å². The third-order valence-electron chi connectivity index (χ3n) is 1.90.